The molecule has 0 unspecified atom stereocenters. The molecule has 1 atom stereocenters. The third-order valence-corrected chi connectivity index (χ3v) is 2.90. The second-order valence-corrected chi connectivity index (χ2v) is 4.01. The summed E-state index contributed by atoms with van der Waals surface area (Å²) in [6.07, 6.45) is 0. The molecule has 1 fully saturated rings. The maximum Gasteiger partial charge on any atom is 0.332 e. The maximum absolute atomic E-state index is 12.2. The van der Waals surface area contributed by atoms with Crippen LogP contribution in [0.25, 0.3) is 0 Å². The van der Waals surface area contributed by atoms with Crippen LogP contribution in [-0.4, -0.2) is 41.7 Å². The number of nitrogens with zero attached hydrogens (tertiary/aromatic N) is 1. The minimum absolute atomic E-state index is 0.000692. The number of rotatable bonds is 2. The third-order valence-electron chi connectivity index (χ3n) is 2.59. The highest BCUT2D eigenvalue weighted by Crippen LogP contribution is 2.17. The molecular weight excluding hydrogens is 254 g/mol. The summed E-state index contributed by atoms with van der Waals surface area (Å²) in [6.45, 7) is 0.0318. The first-order valence-electron chi connectivity index (χ1n) is 5.28. The Hall–Kier alpha value is -1.95. The molecule has 0 bridgehead atoms. The number of hydrogen-bond donors (Lipinski definition) is 0. The minimum atomic E-state index is -0.810. The van der Waals surface area contributed by atoms with Gasteiger partial charge in [0.2, 0.25) is 0 Å². The van der Waals surface area contributed by atoms with Gasteiger partial charge in [0.15, 0.2) is 6.04 Å². The number of carbonyl (C=O) groups excluding carboxylic acids is 2. The molecule has 1 aliphatic rings. The van der Waals surface area contributed by atoms with Crippen LogP contribution in [-0.2, 0) is 14.3 Å². The lowest BCUT2D eigenvalue weighted by molar-refractivity contribution is -0.144. The van der Waals surface area contributed by atoms with Crippen molar-refractivity contribution >= 4 is 29.3 Å². The summed E-state index contributed by atoms with van der Waals surface area (Å²) in [4.78, 5) is 24.9. The van der Waals surface area contributed by atoms with Crippen molar-refractivity contribution in [3.05, 3.63) is 35.9 Å². The summed E-state index contributed by atoms with van der Waals surface area (Å²) in [5.74, 6) is -0.910. The van der Waals surface area contributed by atoms with Gasteiger partial charge in [0.25, 0.3) is 11.1 Å². The van der Waals surface area contributed by atoms with E-state index in [1.165, 1.54) is 7.11 Å². The van der Waals surface area contributed by atoms with E-state index in [9.17, 15) is 9.59 Å². The molecule has 1 aromatic rings. The van der Waals surface area contributed by atoms with Crippen LogP contribution in [0.15, 0.2) is 30.3 Å². The van der Waals surface area contributed by atoms with E-state index in [4.69, 9.17) is 17.0 Å². The molecule has 0 radical (unpaired) electrons. The molecule has 18 heavy (non-hydrogen) atoms. The van der Waals surface area contributed by atoms with Crippen molar-refractivity contribution in [3.63, 3.8) is 0 Å². The first kappa shape index (κ1) is 12.5. The molecule has 0 aliphatic carbocycles. The van der Waals surface area contributed by atoms with Crippen molar-refractivity contribution in [2.45, 2.75) is 6.04 Å². The van der Waals surface area contributed by atoms with E-state index >= 15 is 0 Å². The summed E-state index contributed by atoms with van der Waals surface area (Å²) in [5.41, 5.74) is 0.444. The Morgan fingerprint density at radius 2 is 2.06 bits per heavy atom. The van der Waals surface area contributed by atoms with Gasteiger partial charge in [-0.3, -0.25) is 9.69 Å². The number of methoxy groups -OCH3 is 1. The van der Waals surface area contributed by atoms with Crippen molar-refractivity contribution in [2.24, 2.45) is 0 Å². The molecule has 0 spiro atoms. The monoisotopic (exact) mass is 265 g/mol. The molecule has 2 rings (SSSR count). The standard InChI is InChI=1S/C12H11NO4S/c1-16-11(15)9-7-17-12(18)13(9)10(14)8-5-3-2-4-6-8/h2-6,9H,7H2,1H3/t9-/m0/s1. The molecule has 0 aromatic heterocycles. The quantitative estimate of drug-likeness (QED) is 0.589. The second kappa shape index (κ2) is 5.14. The predicted molar refractivity (Wildman–Crippen MR) is 67.0 cm³/mol. The zero-order valence-electron chi connectivity index (χ0n) is 9.66. The lowest BCUT2D eigenvalue weighted by atomic mass is 10.2. The Kier molecular flexibility index (Phi) is 3.57. The van der Waals surface area contributed by atoms with E-state index in [0.29, 0.717) is 5.56 Å². The Morgan fingerprint density at radius 3 is 2.67 bits per heavy atom. The Bertz CT molecular complexity index is 488. The second-order valence-electron chi connectivity index (χ2n) is 3.66. The van der Waals surface area contributed by atoms with Gasteiger partial charge in [-0.15, -0.1) is 0 Å². The normalized spacial score (nSPS) is 18.4. The van der Waals surface area contributed by atoms with Crippen LogP contribution in [0.1, 0.15) is 10.4 Å². The average Bonchev–Trinajstić information content (AvgIpc) is 2.80. The smallest absolute Gasteiger partial charge is 0.332 e. The zero-order chi connectivity index (χ0) is 13.1. The van der Waals surface area contributed by atoms with E-state index in [1.807, 2.05) is 0 Å². The number of ether oxygens (including phenoxy) is 2. The summed E-state index contributed by atoms with van der Waals surface area (Å²) in [5, 5.41) is -0.000692. The Morgan fingerprint density at radius 1 is 1.39 bits per heavy atom. The largest absolute Gasteiger partial charge is 0.468 e. The summed E-state index contributed by atoms with van der Waals surface area (Å²) >= 11 is 4.94. The van der Waals surface area contributed by atoms with Gasteiger partial charge in [-0.2, -0.15) is 0 Å². The number of thiocarbonyl (C=S) groups is 1. The van der Waals surface area contributed by atoms with Crippen LogP contribution in [0.3, 0.4) is 0 Å². The highest BCUT2D eigenvalue weighted by molar-refractivity contribution is 7.80. The van der Waals surface area contributed by atoms with E-state index in [0.717, 1.165) is 4.90 Å². The number of esters is 1. The molecule has 1 amide bonds. The Balaban J connectivity index is 2.27. The van der Waals surface area contributed by atoms with E-state index in [1.54, 1.807) is 30.3 Å². The van der Waals surface area contributed by atoms with Gasteiger partial charge in [0.1, 0.15) is 6.61 Å². The van der Waals surface area contributed by atoms with E-state index in [2.05, 4.69) is 4.74 Å². The number of hydrogen-bond acceptors (Lipinski definition) is 5. The van der Waals surface area contributed by atoms with Gasteiger partial charge < -0.3 is 9.47 Å². The predicted octanol–water partition coefficient (Wildman–Crippen LogP) is 0.986. The first-order chi connectivity index (χ1) is 8.65. The molecule has 94 valence electrons. The van der Waals surface area contributed by atoms with Crippen LogP contribution in [0.4, 0.5) is 0 Å². The van der Waals surface area contributed by atoms with Gasteiger partial charge in [-0.25, -0.2) is 4.79 Å². The Labute approximate surface area is 109 Å². The molecule has 1 saturated heterocycles. The van der Waals surface area contributed by atoms with Crippen molar-refractivity contribution in [1.82, 2.24) is 4.90 Å². The fourth-order valence-electron chi connectivity index (χ4n) is 1.68. The number of carbonyl (C=O) groups is 2. The number of amides is 1. The van der Waals surface area contributed by atoms with Crippen LogP contribution in [0.5, 0.6) is 0 Å². The lowest BCUT2D eigenvalue weighted by Gasteiger charge is -2.19. The fraction of sp³-hybridized carbons (Fsp3) is 0.250. The van der Waals surface area contributed by atoms with Crippen LogP contribution < -0.4 is 0 Å². The summed E-state index contributed by atoms with van der Waals surface area (Å²) < 4.78 is 9.71. The van der Waals surface area contributed by atoms with Gasteiger partial charge in [-0.05, 0) is 24.4 Å². The first-order valence-corrected chi connectivity index (χ1v) is 5.69. The minimum Gasteiger partial charge on any atom is -0.468 e. The molecular formula is C12H11NO4S. The lowest BCUT2D eigenvalue weighted by Crippen LogP contribution is -2.44. The number of benzene rings is 1. The molecule has 1 aliphatic heterocycles. The average molecular weight is 265 g/mol. The molecule has 0 saturated carbocycles. The van der Waals surface area contributed by atoms with Gasteiger partial charge in [0.05, 0.1) is 7.11 Å². The van der Waals surface area contributed by atoms with Crippen molar-refractivity contribution in [3.8, 4) is 0 Å². The van der Waals surface area contributed by atoms with Crippen molar-refractivity contribution < 1.29 is 19.1 Å². The molecule has 0 N–H and O–H groups in total. The van der Waals surface area contributed by atoms with Gasteiger partial charge in [0, 0.05) is 5.56 Å². The molecule has 1 heterocycles. The molecule has 6 heteroatoms. The van der Waals surface area contributed by atoms with E-state index in [-0.39, 0.29) is 17.7 Å². The third kappa shape index (κ3) is 2.19. The molecule has 1 aromatic carbocycles. The zero-order valence-corrected chi connectivity index (χ0v) is 10.5. The van der Waals surface area contributed by atoms with Crippen molar-refractivity contribution in [2.75, 3.05) is 13.7 Å². The highest BCUT2D eigenvalue weighted by atomic mass is 32.1. The topological polar surface area (TPSA) is 55.8 Å². The van der Waals surface area contributed by atoms with Gasteiger partial charge >= 0.3 is 5.97 Å². The van der Waals surface area contributed by atoms with E-state index < -0.39 is 12.0 Å². The van der Waals surface area contributed by atoms with Crippen LogP contribution in [0.2, 0.25) is 0 Å². The molecule has 5 nitrogen and oxygen atoms in total. The van der Waals surface area contributed by atoms with Gasteiger partial charge in [-0.1, -0.05) is 18.2 Å². The SMILES string of the molecule is COC(=O)[C@@H]1COC(=S)N1C(=O)c1ccccc1. The van der Waals surface area contributed by atoms with Crippen LogP contribution >= 0.6 is 12.2 Å². The maximum atomic E-state index is 12.2. The van der Waals surface area contributed by atoms with Crippen LogP contribution in [0, 0.1) is 0 Å². The highest BCUT2D eigenvalue weighted by Gasteiger charge is 2.40. The summed E-state index contributed by atoms with van der Waals surface area (Å²) in [7, 11) is 1.26. The van der Waals surface area contributed by atoms with Crippen molar-refractivity contribution in [1.29, 1.82) is 0 Å². The summed E-state index contributed by atoms with van der Waals surface area (Å²) in [6, 6.07) is 7.76. The fourth-order valence-corrected chi connectivity index (χ4v) is 1.95.